The first-order valence-corrected chi connectivity index (χ1v) is 15.9. The van der Waals surface area contributed by atoms with Crippen LogP contribution in [0.15, 0.2) is 140 Å². The van der Waals surface area contributed by atoms with Crippen LogP contribution >= 0.6 is 0 Å². The molecule has 0 spiro atoms. The SMILES string of the molecule is c1ccc(-c2nc(-c3ccccc3)nc(-c3ccc4cc(-c5ccc6[te]c7ccccc7c6c5)ccc4c3)n2)cc1. The van der Waals surface area contributed by atoms with Gasteiger partial charge in [-0.2, -0.15) is 0 Å². The summed E-state index contributed by atoms with van der Waals surface area (Å²) in [6.45, 7) is 0. The number of fused-ring (bicyclic) bond motifs is 4. The monoisotopic (exact) mass is 639 g/mol. The maximum atomic E-state index is 4.90. The Morgan fingerprint density at radius 1 is 0.341 bits per heavy atom. The van der Waals surface area contributed by atoms with Gasteiger partial charge in [-0.25, -0.2) is 4.98 Å². The Balaban J connectivity index is 1.21. The van der Waals surface area contributed by atoms with Gasteiger partial charge in [0.25, 0.3) is 0 Å². The molecule has 0 aliphatic rings. The van der Waals surface area contributed by atoms with E-state index in [1.165, 1.54) is 30.7 Å². The van der Waals surface area contributed by atoms with Crippen LogP contribution < -0.4 is 0 Å². The number of nitrogens with zero attached hydrogens (tertiary/aromatic N) is 3. The second-order valence-electron chi connectivity index (χ2n) is 10.1. The van der Waals surface area contributed by atoms with E-state index in [1.54, 1.807) is 3.40 Å². The van der Waals surface area contributed by atoms with Crippen LogP contribution in [-0.2, 0) is 0 Å². The Morgan fingerprint density at radius 2 is 0.829 bits per heavy atom. The number of rotatable bonds is 4. The van der Waals surface area contributed by atoms with Crippen LogP contribution in [0.25, 0.3) is 73.6 Å². The molecule has 192 valence electrons. The number of hydrogen-bond acceptors (Lipinski definition) is 3. The van der Waals surface area contributed by atoms with Crippen LogP contribution in [0.2, 0.25) is 0 Å². The van der Waals surface area contributed by atoms with Gasteiger partial charge in [-0.05, 0) is 0 Å². The number of aromatic nitrogens is 3. The summed E-state index contributed by atoms with van der Waals surface area (Å²) in [5, 5.41) is 5.18. The van der Waals surface area contributed by atoms with E-state index in [0.29, 0.717) is 17.5 Å². The molecule has 41 heavy (non-hydrogen) atoms. The molecule has 8 rings (SSSR count). The molecule has 0 saturated heterocycles. The van der Waals surface area contributed by atoms with E-state index in [-0.39, 0.29) is 20.4 Å². The molecule has 0 aliphatic heterocycles. The topological polar surface area (TPSA) is 38.7 Å². The van der Waals surface area contributed by atoms with Gasteiger partial charge in [-0.3, -0.25) is 0 Å². The summed E-state index contributed by atoms with van der Waals surface area (Å²) in [6, 6.07) is 49.3. The minimum Gasteiger partial charge on any atom is -0.0615 e. The normalized spacial score (nSPS) is 11.4. The first-order chi connectivity index (χ1) is 20.3. The molecule has 0 atom stereocenters. The van der Waals surface area contributed by atoms with E-state index in [9.17, 15) is 0 Å². The molecule has 2 aromatic heterocycles. The molecular weight excluding hydrogens is 614 g/mol. The molecule has 0 amide bonds. The summed E-state index contributed by atoms with van der Waals surface area (Å²) < 4.78 is 3.08. The van der Waals surface area contributed by atoms with E-state index in [1.807, 2.05) is 60.7 Å². The molecule has 0 aliphatic carbocycles. The van der Waals surface area contributed by atoms with Gasteiger partial charge in [-0.1, -0.05) is 60.7 Å². The van der Waals surface area contributed by atoms with Gasteiger partial charge in [0, 0.05) is 11.1 Å². The fourth-order valence-corrected chi connectivity index (χ4v) is 8.51. The summed E-state index contributed by atoms with van der Waals surface area (Å²) in [6.07, 6.45) is 0. The summed E-state index contributed by atoms with van der Waals surface area (Å²) in [4.78, 5) is 14.6. The van der Waals surface area contributed by atoms with Crippen molar-refractivity contribution in [3.05, 3.63) is 140 Å². The van der Waals surface area contributed by atoms with Crippen molar-refractivity contribution in [3.63, 3.8) is 0 Å². The fourth-order valence-electron chi connectivity index (χ4n) is 5.41. The summed E-state index contributed by atoms with van der Waals surface area (Å²) in [5.41, 5.74) is 5.41. The van der Waals surface area contributed by atoms with Gasteiger partial charge >= 0.3 is 160 Å². The Hall–Kier alpha value is -4.62. The van der Waals surface area contributed by atoms with Crippen molar-refractivity contribution < 1.29 is 0 Å². The van der Waals surface area contributed by atoms with Crippen molar-refractivity contribution in [3.8, 4) is 45.3 Å². The van der Waals surface area contributed by atoms with E-state index in [2.05, 4.69) is 78.9 Å². The zero-order valence-electron chi connectivity index (χ0n) is 22.0. The van der Waals surface area contributed by atoms with Crippen LogP contribution in [0.1, 0.15) is 0 Å². The molecular formula is C37H23N3Te. The van der Waals surface area contributed by atoms with Crippen molar-refractivity contribution in [1.29, 1.82) is 0 Å². The quantitative estimate of drug-likeness (QED) is 0.181. The standard InChI is InChI=1S/C37H23N3Te/c1-3-9-24(10-4-1)35-38-36(25-11-5-2-6-12-25)40-37(39-35)30-18-17-26-21-27(15-16-28(26)22-30)29-19-20-34-32(23-29)31-13-7-8-14-33(31)41-34/h1-23H. The minimum absolute atomic E-state index is 0.287. The molecule has 8 aromatic rings. The van der Waals surface area contributed by atoms with Crippen LogP contribution in [0.5, 0.6) is 0 Å². The summed E-state index contributed by atoms with van der Waals surface area (Å²) >= 11 is -0.287. The molecule has 0 fully saturated rings. The van der Waals surface area contributed by atoms with Crippen molar-refractivity contribution in [2.45, 2.75) is 0 Å². The fraction of sp³-hybridized carbons (Fsp3) is 0. The van der Waals surface area contributed by atoms with Gasteiger partial charge in [0.05, 0.1) is 0 Å². The Kier molecular flexibility index (Phi) is 5.95. The molecule has 0 N–H and O–H groups in total. The smallest absolute Gasteiger partial charge is 0.0615 e. The van der Waals surface area contributed by atoms with Crippen molar-refractivity contribution in [2.75, 3.05) is 0 Å². The molecule has 0 unspecified atom stereocenters. The Morgan fingerprint density at radius 3 is 1.51 bits per heavy atom. The first-order valence-electron chi connectivity index (χ1n) is 13.6. The molecule has 2 heterocycles. The maximum absolute atomic E-state index is 4.90. The number of hydrogen-bond donors (Lipinski definition) is 0. The zero-order chi connectivity index (χ0) is 27.2. The van der Waals surface area contributed by atoms with Crippen LogP contribution in [0, 0.1) is 0 Å². The molecule has 4 heteroatoms. The van der Waals surface area contributed by atoms with Gasteiger partial charge in [0.15, 0.2) is 11.6 Å². The Bertz CT molecular complexity index is 2140. The average molecular weight is 637 g/mol. The molecule has 0 radical (unpaired) electrons. The zero-order valence-corrected chi connectivity index (χ0v) is 24.4. The van der Waals surface area contributed by atoms with Crippen molar-refractivity contribution in [1.82, 2.24) is 15.0 Å². The van der Waals surface area contributed by atoms with Gasteiger partial charge < -0.3 is 0 Å². The third kappa shape index (κ3) is 4.52. The van der Waals surface area contributed by atoms with Gasteiger partial charge in [0.2, 0.25) is 0 Å². The molecule has 3 nitrogen and oxygen atoms in total. The minimum atomic E-state index is -0.287. The Labute approximate surface area is 247 Å². The second-order valence-corrected chi connectivity index (χ2v) is 13.2. The summed E-state index contributed by atoms with van der Waals surface area (Å²) in [5.74, 6) is 2.02. The molecule has 0 bridgehead atoms. The van der Waals surface area contributed by atoms with Crippen molar-refractivity contribution >= 4 is 48.8 Å². The van der Waals surface area contributed by atoms with E-state index in [0.717, 1.165) is 22.1 Å². The van der Waals surface area contributed by atoms with E-state index < -0.39 is 0 Å². The molecule has 6 aromatic carbocycles. The first kappa shape index (κ1) is 24.2. The second kappa shape index (κ2) is 10.1. The molecule has 0 saturated carbocycles. The van der Waals surface area contributed by atoms with Crippen LogP contribution in [0.4, 0.5) is 0 Å². The van der Waals surface area contributed by atoms with Crippen LogP contribution in [0.3, 0.4) is 0 Å². The third-order valence-electron chi connectivity index (χ3n) is 7.51. The predicted octanol–water partition coefficient (Wildman–Crippen LogP) is 9.06. The third-order valence-corrected chi connectivity index (χ3v) is 10.8. The van der Waals surface area contributed by atoms with Crippen molar-refractivity contribution in [2.24, 2.45) is 0 Å². The van der Waals surface area contributed by atoms with E-state index in [4.69, 9.17) is 15.0 Å². The predicted molar refractivity (Wildman–Crippen MR) is 171 cm³/mol. The van der Waals surface area contributed by atoms with Gasteiger partial charge in [0.1, 0.15) is 0 Å². The van der Waals surface area contributed by atoms with Gasteiger partial charge in [-0.15, -0.1) is 0 Å². The van der Waals surface area contributed by atoms with E-state index >= 15 is 0 Å². The number of benzene rings is 6. The van der Waals surface area contributed by atoms with Crippen LogP contribution in [-0.4, -0.2) is 35.4 Å². The summed E-state index contributed by atoms with van der Waals surface area (Å²) in [7, 11) is 0. The average Bonchev–Trinajstić information content (AvgIpc) is 3.43.